The Morgan fingerprint density at radius 3 is 3.00 bits per heavy atom. The van der Waals surface area contributed by atoms with Gasteiger partial charge in [-0.2, -0.15) is 0 Å². The number of hydrogen-bond acceptors (Lipinski definition) is 4. The summed E-state index contributed by atoms with van der Waals surface area (Å²) in [7, 11) is 0. The number of nitrogens with zero attached hydrogens (tertiary/aromatic N) is 1. The summed E-state index contributed by atoms with van der Waals surface area (Å²) in [5.41, 5.74) is 12.0. The third-order valence-corrected chi connectivity index (χ3v) is 2.59. The van der Waals surface area contributed by atoms with E-state index in [1.807, 2.05) is 19.1 Å². The van der Waals surface area contributed by atoms with Gasteiger partial charge in [-0.05, 0) is 19.1 Å². The molecule has 0 fully saturated rings. The largest absolute Gasteiger partial charge is 0.397 e. The first-order valence-electron chi connectivity index (χ1n) is 3.79. The van der Waals surface area contributed by atoms with Gasteiger partial charge < -0.3 is 11.5 Å². The summed E-state index contributed by atoms with van der Waals surface area (Å²) in [5, 5.41) is 0.870. The fourth-order valence-corrected chi connectivity index (χ4v) is 1.53. The molecule has 1 rings (SSSR count). The highest BCUT2D eigenvalue weighted by Crippen LogP contribution is 2.21. The SMILES string of the molecule is CC(N)CSc1ncccc1N. The predicted molar refractivity (Wildman–Crippen MR) is 53.0 cm³/mol. The molecule has 0 aliphatic rings. The maximum absolute atomic E-state index is 5.68. The average molecular weight is 183 g/mol. The Labute approximate surface area is 76.5 Å². The molecule has 66 valence electrons. The van der Waals surface area contributed by atoms with Crippen LogP contribution in [-0.4, -0.2) is 16.8 Å². The Bertz CT molecular complexity index is 250. The Morgan fingerprint density at radius 2 is 2.42 bits per heavy atom. The van der Waals surface area contributed by atoms with Crippen LogP contribution in [-0.2, 0) is 0 Å². The lowest BCUT2D eigenvalue weighted by Gasteiger charge is -2.05. The van der Waals surface area contributed by atoms with Crippen molar-refractivity contribution < 1.29 is 0 Å². The van der Waals surface area contributed by atoms with Gasteiger partial charge in [-0.25, -0.2) is 4.98 Å². The lowest BCUT2D eigenvalue weighted by atomic mass is 10.4. The summed E-state index contributed by atoms with van der Waals surface area (Å²) < 4.78 is 0. The summed E-state index contributed by atoms with van der Waals surface area (Å²) in [5.74, 6) is 0.848. The van der Waals surface area contributed by atoms with E-state index in [2.05, 4.69) is 4.98 Å². The number of aromatic nitrogens is 1. The van der Waals surface area contributed by atoms with Crippen LogP contribution in [0.1, 0.15) is 6.92 Å². The molecule has 1 aromatic heterocycles. The highest BCUT2D eigenvalue weighted by Gasteiger charge is 2.01. The molecule has 12 heavy (non-hydrogen) atoms. The number of nitrogens with two attached hydrogens (primary N) is 2. The Kier molecular flexibility index (Phi) is 3.37. The van der Waals surface area contributed by atoms with E-state index < -0.39 is 0 Å². The highest BCUT2D eigenvalue weighted by atomic mass is 32.2. The van der Waals surface area contributed by atoms with Crippen LogP contribution in [0.4, 0.5) is 5.69 Å². The zero-order chi connectivity index (χ0) is 8.97. The molecular weight excluding hydrogens is 170 g/mol. The van der Waals surface area contributed by atoms with E-state index in [9.17, 15) is 0 Å². The van der Waals surface area contributed by atoms with Gasteiger partial charge in [-0.3, -0.25) is 0 Å². The molecule has 4 heteroatoms. The average Bonchev–Trinajstić information content (AvgIpc) is 2.03. The first-order valence-corrected chi connectivity index (χ1v) is 4.77. The second-order valence-electron chi connectivity index (χ2n) is 2.69. The minimum absolute atomic E-state index is 0.177. The zero-order valence-corrected chi connectivity index (χ0v) is 7.84. The molecule has 0 aliphatic heterocycles. The molecule has 0 radical (unpaired) electrons. The van der Waals surface area contributed by atoms with E-state index in [0.717, 1.165) is 16.5 Å². The second-order valence-corrected chi connectivity index (χ2v) is 3.69. The quantitative estimate of drug-likeness (QED) is 0.689. The summed E-state index contributed by atoms with van der Waals surface area (Å²) >= 11 is 1.59. The number of nitrogen functional groups attached to an aromatic ring is 1. The number of pyridine rings is 1. The van der Waals surface area contributed by atoms with E-state index in [4.69, 9.17) is 11.5 Å². The number of thioether (sulfide) groups is 1. The summed E-state index contributed by atoms with van der Waals surface area (Å²) in [6.07, 6.45) is 1.74. The van der Waals surface area contributed by atoms with Crippen LogP contribution in [0.25, 0.3) is 0 Å². The standard InChI is InChI=1S/C8H13N3S/c1-6(9)5-12-8-7(10)3-2-4-11-8/h2-4,6H,5,9-10H2,1H3. The van der Waals surface area contributed by atoms with Crippen molar-refractivity contribution in [1.82, 2.24) is 4.98 Å². The van der Waals surface area contributed by atoms with Crippen molar-refractivity contribution in [3.8, 4) is 0 Å². The third-order valence-electron chi connectivity index (χ3n) is 1.28. The van der Waals surface area contributed by atoms with Crippen molar-refractivity contribution in [3.63, 3.8) is 0 Å². The first kappa shape index (κ1) is 9.35. The highest BCUT2D eigenvalue weighted by molar-refractivity contribution is 7.99. The Hall–Kier alpha value is -0.740. The van der Waals surface area contributed by atoms with Gasteiger partial charge in [-0.15, -0.1) is 11.8 Å². The predicted octanol–water partition coefficient (Wildman–Crippen LogP) is 1.10. The smallest absolute Gasteiger partial charge is 0.119 e. The van der Waals surface area contributed by atoms with Gasteiger partial charge in [0.2, 0.25) is 0 Å². The molecule has 0 saturated heterocycles. The molecule has 3 nitrogen and oxygen atoms in total. The summed E-state index contributed by atoms with van der Waals surface area (Å²) in [4.78, 5) is 4.13. The normalized spacial score (nSPS) is 12.8. The van der Waals surface area contributed by atoms with Crippen molar-refractivity contribution in [3.05, 3.63) is 18.3 Å². The van der Waals surface area contributed by atoms with Gasteiger partial charge in [0, 0.05) is 18.0 Å². The minimum Gasteiger partial charge on any atom is -0.397 e. The zero-order valence-electron chi connectivity index (χ0n) is 7.03. The third kappa shape index (κ3) is 2.71. The fourth-order valence-electron chi connectivity index (χ4n) is 0.734. The van der Waals surface area contributed by atoms with Crippen molar-refractivity contribution in [1.29, 1.82) is 0 Å². The summed E-state index contributed by atoms with van der Waals surface area (Å²) in [6.45, 7) is 1.96. The van der Waals surface area contributed by atoms with Crippen LogP contribution in [0.15, 0.2) is 23.4 Å². The van der Waals surface area contributed by atoms with E-state index in [0.29, 0.717) is 0 Å². The lowest BCUT2D eigenvalue weighted by Crippen LogP contribution is -2.17. The van der Waals surface area contributed by atoms with Crippen LogP contribution >= 0.6 is 11.8 Å². The molecule has 1 unspecified atom stereocenters. The maximum Gasteiger partial charge on any atom is 0.119 e. The van der Waals surface area contributed by atoms with Gasteiger partial charge in [-0.1, -0.05) is 0 Å². The van der Waals surface area contributed by atoms with Crippen molar-refractivity contribution in [2.45, 2.75) is 18.0 Å². The van der Waals surface area contributed by atoms with E-state index >= 15 is 0 Å². The van der Waals surface area contributed by atoms with Crippen molar-refractivity contribution >= 4 is 17.4 Å². The fraction of sp³-hybridized carbons (Fsp3) is 0.375. The maximum atomic E-state index is 5.68. The number of rotatable bonds is 3. The lowest BCUT2D eigenvalue weighted by molar-refractivity contribution is 0.846. The van der Waals surface area contributed by atoms with Crippen molar-refractivity contribution in [2.75, 3.05) is 11.5 Å². The Balaban J connectivity index is 2.57. The molecule has 0 aromatic carbocycles. The molecule has 0 saturated carbocycles. The molecule has 0 amide bonds. The number of hydrogen-bond donors (Lipinski definition) is 2. The molecule has 0 spiro atoms. The van der Waals surface area contributed by atoms with Gasteiger partial charge in [0.05, 0.1) is 5.69 Å². The summed E-state index contributed by atoms with van der Waals surface area (Å²) in [6, 6.07) is 3.85. The van der Waals surface area contributed by atoms with Crippen LogP contribution in [0.5, 0.6) is 0 Å². The van der Waals surface area contributed by atoms with Gasteiger partial charge in [0.15, 0.2) is 0 Å². The first-order chi connectivity index (χ1) is 5.70. The topological polar surface area (TPSA) is 64.9 Å². The van der Waals surface area contributed by atoms with Crippen molar-refractivity contribution in [2.24, 2.45) is 5.73 Å². The van der Waals surface area contributed by atoms with Gasteiger partial charge >= 0.3 is 0 Å². The van der Waals surface area contributed by atoms with Crippen LogP contribution in [0.3, 0.4) is 0 Å². The van der Waals surface area contributed by atoms with Crippen LogP contribution in [0, 0.1) is 0 Å². The Morgan fingerprint density at radius 1 is 1.67 bits per heavy atom. The number of anilines is 1. The molecule has 1 aromatic rings. The molecule has 1 atom stereocenters. The monoisotopic (exact) mass is 183 g/mol. The van der Waals surface area contributed by atoms with E-state index in [1.165, 1.54) is 0 Å². The molecule has 1 heterocycles. The molecular formula is C8H13N3S. The van der Waals surface area contributed by atoms with Crippen LogP contribution in [0.2, 0.25) is 0 Å². The van der Waals surface area contributed by atoms with Crippen LogP contribution < -0.4 is 11.5 Å². The van der Waals surface area contributed by atoms with Gasteiger partial charge in [0.25, 0.3) is 0 Å². The molecule has 4 N–H and O–H groups in total. The van der Waals surface area contributed by atoms with Gasteiger partial charge in [0.1, 0.15) is 5.03 Å². The second kappa shape index (κ2) is 4.33. The molecule has 0 bridgehead atoms. The minimum atomic E-state index is 0.177. The van der Waals surface area contributed by atoms with E-state index in [-0.39, 0.29) is 6.04 Å². The van der Waals surface area contributed by atoms with E-state index in [1.54, 1.807) is 18.0 Å². The molecule has 0 aliphatic carbocycles.